The van der Waals surface area contributed by atoms with E-state index >= 15 is 0 Å². The fourth-order valence-electron chi connectivity index (χ4n) is 2.66. The van der Waals surface area contributed by atoms with Gasteiger partial charge in [0.2, 0.25) is 5.95 Å². The number of hydrogen-bond donors (Lipinski definition) is 3. The van der Waals surface area contributed by atoms with E-state index in [4.69, 9.17) is 11.5 Å². The molecule has 1 aliphatic heterocycles. The van der Waals surface area contributed by atoms with Gasteiger partial charge in [0.05, 0.1) is 0 Å². The van der Waals surface area contributed by atoms with Gasteiger partial charge < -0.3 is 16.8 Å². The number of hydrogen-bond acceptors (Lipinski definition) is 5. The minimum absolute atomic E-state index is 0.217. The maximum absolute atomic E-state index is 5.89. The van der Waals surface area contributed by atoms with E-state index in [1.165, 1.54) is 23.2 Å². The molecule has 0 aliphatic carbocycles. The zero-order chi connectivity index (χ0) is 14.1. The Labute approximate surface area is 118 Å². The second kappa shape index (κ2) is 5.00. The van der Waals surface area contributed by atoms with Crippen molar-refractivity contribution in [2.75, 3.05) is 23.3 Å². The van der Waals surface area contributed by atoms with Crippen LogP contribution in [-0.2, 0) is 6.42 Å². The molecule has 1 aromatic carbocycles. The van der Waals surface area contributed by atoms with E-state index in [1.54, 1.807) is 6.20 Å². The van der Waals surface area contributed by atoms with E-state index in [0.717, 1.165) is 18.5 Å². The summed E-state index contributed by atoms with van der Waals surface area (Å²) in [5, 5.41) is 3.44. The molecule has 20 heavy (non-hydrogen) atoms. The molecule has 2 heterocycles. The number of aromatic nitrogens is 2. The largest absolute Gasteiger partial charge is 0.385 e. The lowest BCUT2D eigenvalue weighted by Gasteiger charge is -2.24. The van der Waals surface area contributed by atoms with Crippen LogP contribution in [0.2, 0.25) is 0 Å². The van der Waals surface area contributed by atoms with Crippen molar-refractivity contribution in [1.29, 1.82) is 0 Å². The summed E-state index contributed by atoms with van der Waals surface area (Å²) in [5.41, 5.74) is 16.2. The van der Waals surface area contributed by atoms with Crippen LogP contribution in [0.3, 0.4) is 0 Å². The Balaban J connectivity index is 1.89. The average molecular weight is 269 g/mol. The highest BCUT2D eigenvalue weighted by molar-refractivity contribution is 5.57. The van der Waals surface area contributed by atoms with Crippen LogP contribution in [0.4, 0.5) is 17.5 Å². The molecule has 1 atom stereocenters. The van der Waals surface area contributed by atoms with Crippen molar-refractivity contribution < 1.29 is 0 Å². The summed E-state index contributed by atoms with van der Waals surface area (Å²) < 4.78 is 0. The molecule has 0 amide bonds. The topological polar surface area (TPSA) is 89.8 Å². The Hall–Kier alpha value is -2.30. The number of nitrogen functional groups attached to an aromatic ring is 2. The van der Waals surface area contributed by atoms with Gasteiger partial charge in [-0.2, -0.15) is 4.98 Å². The first kappa shape index (κ1) is 12.7. The first-order valence-electron chi connectivity index (χ1n) is 6.87. The Morgan fingerprint density at radius 1 is 1.35 bits per heavy atom. The monoisotopic (exact) mass is 269 g/mol. The van der Waals surface area contributed by atoms with Crippen molar-refractivity contribution in [3.05, 3.63) is 41.1 Å². The zero-order valence-electron chi connectivity index (χ0n) is 11.6. The van der Waals surface area contributed by atoms with E-state index in [-0.39, 0.29) is 5.95 Å². The van der Waals surface area contributed by atoms with Crippen molar-refractivity contribution in [3.8, 4) is 0 Å². The molecule has 0 saturated heterocycles. The molecule has 5 nitrogen and oxygen atoms in total. The molecular formula is C15H19N5. The maximum atomic E-state index is 5.89. The van der Waals surface area contributed by atoms with Crippen LogP contribution in [0.15, 0.2) is 24.4 Å². The molecule has 0 bridgehead atoms. The van der Waals surface area contributed by atoms with Crippen LogP contribution < -0.4 is 16.8 Å². The van der Waals surface area contributed by atoms with E-state index in [9.17, 15) is 0 Å². The average Bonchev–Trinajstić information content (AvgIpc) is 2.43. The first-order chi connectivity index (χ1) is 9.63. The Kier molecular flexibility index (Phi) is 3.18. The van der Waals surface area contributed by atoms with Gasteiger partial charge in [0, 0.05) is 30.4 Å². The van der Waals surface area contributed by atoms with Crippen molar-refractivity contribution >= 4 is 17.5 Å². The third kappa shape index (κ3) is 2.39. The highest BCUT2D eigenvalue weighted by Crippen LogP contribution is 2.32. The van der Waals surface area contributed by atoms with Gasteiger partial charge >= 0.3 is 0 Å². The standard InChI is InChI=1S/C15H19N5/c1-9-4-5-18-13-3-2-10(7-12(9)13)6-11-8-19-15(17)20-14(11)16/h2-3,7-9,18H,4-6H2,1H3,(H4,16,17,19,20). The number of benzene rings is 1. The van der Waals surface area contributed by atoms with Crippen LogP contribution in [0.1, 0.15) is 36.0 Å². The minimum Gasteiger partial charge on any atom is -0.385 e. The Bertz CT molecular complexity index is 638. The quantitative estimate of drug-likeness (QED) is 0.777. The fraction of sp³-hybridized carbons (Fsp3) is 0.333. The van der Waals surface area contributed by atoms with Crippen molar-refractivity contribution in [2.24, 2.45) is 0 Å². The van der Waals surface area contributed by atoms with Gasteiger partial charge in [-0.05, 0) is 29.5 Å². The van der Waals surface area contributed by atoms with Crippen molar-refractivity contribution in [3.63, 3.8) is 0 Å². The van der Waals surface area contributed by atoms with Crippen LogP contribution in [0.5, 0.6) is 0 Å². The molecule has 0 spiro atoms. The lowest BCUT2D eigenvalue weighted by molar-refractivity contribution is 0.682. The van der Waals surface area contributed by atoms with Gasteiger partial charge in [-0.25, -0.2) is 4.98 Å². The van der Waals surface area contributed by atoms with E-state index in [2.05, 4.69) is 40.4 Å². The summed E-state index contributed by atoms with van der Waals surface area (Å²) in [6, 6.07) is 6.52. The van der Waals surface area contributed by atoms with Crippen molar-refractivity contribution in [2.45, 2.75) is 25.7 Å². The summed E-state index contributed by atoms with van der Waals surface area (Å²) in [6.07, 6.45) is 3.61. The molecule has 3 rings (SSSR count). The van der Waals surface area contributed by atoms with Gasteiger partial charge in [-0.1, -0.05) is 19.1 Å². The number of nitrogens with zero attached hydrogens (tertiary/aromatic N) is 2. The number of anilines is 3. The second-order valence-electron chi connectivity index (χ2n) is 5.35. The van der Waals surface area contributed by atoms with Crippen LogP contribution >= 0.6 is 0 Å². The maximum Gasteiger partial charge on any atom is 0.221 e. The summed E-state index contributed by atoms with van der Waals surface area (Å²) in [7, 11) is 0. The van der Waals surface area contributed by atoms with E-state index in [0.29, 0.717) is 11.7 Å². The molecule has 5 heteroatoms. The second-order valence-corrected chi connectivity index (χ2v) is 5.35. The van der Waals surface area contributed by atoms with Crippen LogP contribution in [0, 0.1) is 0 Å². The molecule has 2 aromatic rings. The molecule has 104 valence electrons. The molecule has 1 aliphatic rings. The number of nitrogens with one attached hydrogen (secondary N) is 1. The van der Waals surface area contributed by atoms with Gasteiger partial charge in [0.1, 0.15) is 5.82 Å². The molecule has 1 aromatic heterocycles. The molecular weight excluding hydrogens is 250 g/mol. The van der Waals surface area contributed by atoms with Gasteiger partial charge in [-0.3, -0.25) is 0 Å². The van der Waals surface area contributed by atoms with Gasteiger partial charge in [-0.15, -0.1) is 0 Å². The van der Waals surface area contributed by atoms with Crippen LogP contribution in [0.25, 0.3) is 0 Å². The smallest absolute Gasteiger partial charge is 0.221 e. The summed E-state index contributed by atoms with van der Waals surface area (Å²) in [4.78, 5) is 8.02. The highest BCUT2D eigenvalue weighted by atomic mass is 15.0. The zero-order valence-corrected chi connectivity index (χ0v) is 11.6. The molecule has 1 unspecified atom stereocenters. The fourth-order valence-corrected chi connectivity index (χ4v) is 2.66. The van der Waals surface area contributed by atoms with Crippen molar-refractivity contribution in [1.82, 2.24) is 9.97 Å². The predicted molar refractivity (Wildman–Crippen MR) is 81.6 cm³/mol. The number of fused-ring (bicyclic) bond motifs is 1. The first-order valence-corrected chi connectivity index (χ1v) is 6.87. The third-order valence-corrected chi connectivity index (χ3v) is 3.85. The number of nitrogens with two attached hydrogens (primary N) is 2. The van der Waals surface area contributed by atoms with E-state index in [1.807, 2.05) is 0 Å². The minimum atomic E-state index is 0.217. The van der Waals surface area contributed by atoms with Gasteiger partial charge in [0.15, 0.2) is 0 Å². The lowest BCUT2D eigenvalue weighted by atomic mass is 9.90. The summed E-state index contributed by atoms with van der Waals surface area (Å²) in [6.45, 7) is 3.32. The summed E-state index contributed by atoms with van der Waals surface area (Å²) >= 11 is 0. The Morgan fingerprint density at radius 3 is 3.00 bits per heavy atom. The predicted octanol–water partition coefficient (Wildman–Crippen LogP) is 2.15. The lowest BCUT2D eigenvalue weighted by Crippen LogP contribution is -2.15. The molecule has 0 fully saturated rings. The third-order valence-electron chi connectivity index (χ3n) is 3.85. The SMILES string of the molecule is CC1CCNc2ccc(Cc3cnc(N)nc3N)cc21. The number of rotatable bonds is 2. The molecule has 5 N–H and O–H groups in total. The Morgan fingerprint density at radius 2 is 2.20 bits per heavy atom. The molecule has 0 radical (unpaired) electrons. The highest BCUT2D eigenvalue weighted by Gasteiger charge is 2.16. The normalized spacial score (nSPS) is 17.4. The molecule has 0 saturated carbocycles. The van der Waals surface area contributed by atoms with E-state index < -0.39 is 0 Å². The summed E-state index contributed by atoms with van der Waals surface area (Å²) in [5.74, 6) is 1.27. The van der Waals surface area contributed by atoms with Crippen LogP contribution in [-0.4, -0.2) is 16.5 Å². The van der Waals surface area contributed by atoms with Gasteiger partial charge in [0.25, 0.3) is 0 Å².